The van der Waals surface area contributed by atoms with Gasteiger partial charge in [-0.1, -0.05) is 11.6 Å². The molecule has 0 aliphatic heterocycles. The molecule has 0 unspecified atom stereocenters. The van der Waals surface area contributed by atoms with Crippen molar-refractivity contribution in [3.05, 3.63) is 35.6 Å². The van der Waals surface area contributed by atoms with Crippen LogP contribution in [0.2, 0.25) is 5.15 Å². The van der Waals surface area contributed by atoms with Gasteiger partial charge in [0.1, 0.15) is 5.15 Å². The van der Waals surface area contributed by atoms with Crippen LogP contribution in [0.25, 0.3) is 0 Å². The highest BCUT2D eigenvalue weighted by molar-refractivity contribution is 6.29. The molecule has 2 aromatic rings. The maximum absolute atomic E-state index is 11.7. The monoisotopic (exact) mass is 265 g/mol. The number of aromatic nitrogens is 4. The molecule has 0 spiro atoms. The SMILES string of the molecule is Cc1cc(Cl)nc(NC(=O)CCn2ccnc2)n1. The lowest BCUT2D eigenvalue weighted by Crippen LogP contribution is -2.16. The minimum atomic E-state index is -0.162. The van der Waals surface area contributed by atoms with E-state index >= 15 is 0 Å². The second-order valence-corrected chi connectivity index (χ2v) is 4.14. The third-order valence-electron chi connectivity index (χ3n) is 2.23. The Balaban J connectivity index is 1.90. The summed E-state index contributed by atoms with van der Waals surface area (Å²) >= 11 is 5.78. The maximum Gasteiger partial charge on any atom is 0.231 e. The molecule has 0 aromatic carbocycles. The van der Waals surface area contributed by atoms with Gasteiger partial charge in [0.2, 0.25) is 11.9 Å². The zero-order chi connectivity index (χ0) is 13.0. The molecule has 18 heavy (non-hydrogen) atoms. The van der Waals surface area contributed by atoms with Crippen molar-refractivity contribution in [3.63, 3.8) is 0 Å². The molecule has 0 bridgehead atoms. The Labute approximate surface area is 109 Å². The van der Waals surface area contributed by atoms with E-state index in [2.05, 4.69) is 20.3 Å². The molecule has 0 atom stereocenters. The number of aryl methyl sites for hydroxylation is 2. The van der Waals surface area contributed by atoms with Gasteiger partial charge in [-0.05, 0) is 13.0 Å². The zero-order valence-corrected chi connectivity index (χ0v) is 10.6. The summed E-state index contributed by atoms with van der Waals surface area (Å²) in [6.45, 7) is 2.35. The van der Waals surface area contributed by atoms with Crippen molar-refractivity contribution in [2.75, 3.05) is 5.32 Å². The number of nitrogens with one attached hydrogen (secondary N) is 1. The lowest BCUT2D eigenvalue weighted by molar-refractivity contribution is -0.116. The van der Waals surface area contributed by atoms with E-state index in [-0.39, 0.29) is 11.9 Å². The Bertz CT molecular complexity index is 520. The van der Waals surface area contributed by atoms with Gasteiger partial charge in [-0.15, -0.1) is 0 Å². The van der Waals surface area contributed by atoms with Gasteiger partial charge in [-0.2, -0.15) is 0 Å². The van der Waals surface area contributed by atoms with Gasteiger partial charge in [0.25, 0.3) is 0 Å². The molecule has 0 aliphatic carbocycles. The first-order valence-electron chi connectivity index (χ1n) is 5.40. The first kappa shape index (κ1) is 12.5. The van der Waals surface area contributed by atoms with Crippen molar-refractivity contribution < 1.29 is 4.79 Å². The lowest BCUT2D eigenvalue weighted by Gasteiger charge is -2.05. The van der Waals surface area contributed by atoms with Crippen LogP contribution >= 0.6 is 11.6 Å². The minimum absolute atomic E-state index is 0.162. The van der Waals surface area contributed by atoms with Gasteiger partial charge in [-0.25, -0.2) is 15.0 Å². The first-order chi connectivity index (χ1) is 8.63. The number of anilines is 1. The summed E-state index contributed by atoms with van der Waals surface area (Å²) in [6, 6.07) is 1.63. The Morgan fingerprint density at radius 1 is 1.50 bits per heavy atom. The molecule has 6 nitrogen and oxygen atoms in total. The van der Waals surface area contributed by atoms with E-state index in [1.807, 2.05) is 4.57 Å². The van der Waals surface area contributed by atoms with Crippen molar-refractivity contribution in [1.82, 2.24) is 19.5 Å². The Kier molecular flexibility index (Phi) is 3.88. The molecular formula is C11H12ClN5O. The minimum Gasteiger partial charge on any atom is -0.337 e. The summed E-state index contributed by atoms with van der Waals surface area (Å²) in [6.07, 6.45) is 5.45. The van der Waals surface area contributed by atoms with Gasteiger partial charge in [0.15, 0.2) is 0 Å². The smallest absolute Gasteiger partial charge is 0.231 e. The van der Waals surface area contributed by atoms with Crippen molar-refractivity contribution >= 4 is 23.5 Å². The molecular weight excluding hydrogens is 254 g/mol. The number of rotatable bonds is 4. The fraction of sp³-hybridized carbons (Fsp3) is 0.273. The largest absolute Gasteiger partial charge is 0.337 e. The predicted molar refractivity (Wildman–Crippen MR) is 67.3 cm³/mol. The number of hydrogen-bond donors (Lipinski definition) is 1. The summed E-state index contributed by atoms with van der Waals surface area (Å²) in [7, 11) is 0. The van der Waals surface area contributed by atoms with Crippen LogP contribution in [-0.2, 0) is 11.3 Å². The highest BCUT2D eigenvalue weighted by atomic mass is 35.5. The van der Waals surface area contributed by atoms with E-state index in [9.17, 15) is 4.79 Å². The molecule has 0 fully saturated rings. The average Bonchev–Trinajstić information content (AvgIpc) is 2.77. The number of nitrogens with zero attached hydrogens (tertiary/aromatic N) is 4. The van der Waals surface area contributed by atoms with E-state index < -0.39 is 0 Å². The summed E-state index contributed by atoms with van der Waals surface area (Å²) in [5.41, 5.74) is 0.708. The quantitative estimate of drug-likeness (QED) is 0.854. The van der Waals surface area contributed by atoms with Crippen LogP contribution < -0.4 is 5.32 Å². The van der Waals surface area contributed by atoms with Crippen molar-refractivity contribution in [2.24, 2.45) is 0 Å². The number of hydrogen-bond acceptors (Lipinski definition) is 4. The molecule has 2 aromatic heterocycles. The van der Waals surface area contributed by atoms with Gasteiger partial charge < -0.3 is 4.57 Å². The van der Waals surface area contributed by atoms with Gasteiger partial charge in [-0.3, -0.25) is 10.1 Å². The molecule has 0 radical (unpaired) electrons. The molecule has 1 amide bonds. The maximum atomic E-state index is 11.7. The van der Waals surface area contributed by atoms with Crippen molar-refractivity contribution in [2.45, 2.75) is 19.9 Å². The van der Waals surface area contributed by atoms with Gasteiger partial charge in [0.05, 0.1) is 6.33 Å². The topological polar surface area (TPSA) is 72.7 Å². The molecule has 2 rings (SSSR count). The molecule has 0 saturated carbocycles. The van der Waals surface area contributed by atoms with Crippen LogP contribution in [0.4, 0.5) is 5.95 Å². The van der Waals surface area contributed by atoms with Crippen molar-refractivity contribution in [3.8, 4) is 0 Å². The van der Waals surface area contributed by atoms with Crippen molar-refractivity contribution in [1.29, 1.82) is 0 Å². The van der Waals surface area contributed by atoms with E-state index in [0.29, 0.717) is 23.8 Å². The molecule has 94 valence electrons. The fourth-order valence-corrected chi connectivity index (χ4v) is 1.66. The van der Waals surface area contributed by atoms with E-state index in [1.165, 1.54) is 0 Å². The van der Waals surface area contributed by atoms with Crippen LogP contribution in [0.15, 0.2) is 24.8 Å². The number of carbonyl (C=O) groups excluding carboxylic acids is 1. The van der Waals surface area contributed by atoms with Crippen LogP contribution in [0.3, 0.4) is 0 Å². The second-order valence-electron chi connectivity index (χ2n) is 3.75. The van der Waals surface area contributed by atoms with E-state index in [4.69, 9.17) is 11.6 Å². The molecule has 7 heteroatoms. The number of amides is 1. The van der Waals surface area contributed by atoms with E-state index in [1.54, 1.807) is 31.7 Å². The molecule has 1 N–H and O–H groups in total. The highest BCUT2D eigenvalue weighted by Gasteiger charge is 2.06. The van der Waals surface area contributed by atoms with E-state index in [0.717, 1.165) is 0 Å². The average molecular weight is 266 g/mol. The third kappa shape index (κ3) is 3.53. The molecule has 0 aliphatic rings. The molecule has 2 heterocycles. The standard InChI is InChI=1S/C11H12ClN5O/c1-8-6-9(12)15-11(14-8)16-10(18)2-4-17-5-3-13-7-17/h3,5-7H,2,4H2,1H3,(H,14,15,16,18). The summed E-state index contributed by atoms with van der Waals surface area (Å²) in [4.78, 5) is 23.6. The third-order valence-corrected chi connectivity index (χ3v) is 2.42. The van der Waals surface area contributed by atoms with Crippen LogP contribution in [0.5, 0.6) is 0 Å². The normalized spacial score (nSPS) is 10.3. The summed E-state index contributed by atoms with van der Waals surface area (Å²) < 4.78 is 1.82. The van der Waals surface area contributed by atoms with Crippen LogP contribution in [0.1, 0.15) is 12.1 Å². The number of imidazole rings is 1. The molecule has 0 saturated heterocycles. The lowest BCUT2D eigenvalue weighted by atomic mass is 10.4. The Morgan fingerprint density at radius 3 is 3.00 bits per heavy atom. The Hall–Kier alpha value is -1.95. The predicted octanol–water partition coefficient (Wildman–Crippen LogP) is 1.66. The zero-order valence-electron chi connectivity index (χ0n) is 9.80. The number of carbonyl (C=O) groups is 1. The summed E-state index contributed by atoms with van der Waals surface area (Å²) in [5, 5.41) is 2.92. The first-order valence-corrected chi connectivity index (χ1v) is 5.78. The summed E-state index contributed by atoms with van der Waals surface area (Å²) in [5.74, 6) is 0.0704. The van der Waals surface area contributed by atoms with Crippen LogP contribution in [0, 0.1) is 6.92 Å². The highest BCUT2D eigenvalue weighted by Crippen LogP contribution is 2.09. The van der Waals surface area contributed by atoms with Crippen LogP contribution in [-0.4, -0.2) is 25.4 Å². The number of halogens is 1. The Morgan fingerprint density at radius 2 is 2.33 bits per heavy atom. The van der Waals surface area contributed by atoms with Gasteiger partial charge in [0, 0.05) is 31.1 Å². The van der Waals surface area contributed by atoms with Gasteiger partial charge >= 0.3 is 0 Å². The fourth-order valence-electron chi connectivity index (χ4n) is 1.42. The second kappa shape index (κ2) is 5.59.